The molecule has 3 aliphatic heterocycles. The van der Waals surface area contributed by atoms with Gasteiger partial charge in [-0.3, -0.25) is 19.5 Å². The molecule has 6 rings (SSSR count). The first-order valence-corrected chi connectivity index (χ1v) is 16.3. The second-order valence-electron chi connectivity index (χ2n) is 12.7. The summed E-state index contributed by atoms with van der Waals surface area (Å²) in [6.07, 6.45) is 10.8. The van der Waals surface area contributed by atoms with E-state index in [0.29, 0.717) is 35.1 Å². The first-order chi connectivity index (χ1) is 19.9. The highest BCUT2D eigenvalue weighted by Crippen LogP contribution is 2.41. The van der Waals surface area contributed by atoms with Gasteiger partial charge in [0, 0.05) is 50.7 Å². The van der Waals surface area contributed by atoms with Crippen LogP contribution >= 0.6 is 23.2 Å². The number of carbonyl (C=O) groups is 2. The fourth-order valence-electron chi connectivity index (χ4n) is 7.88. The molecule has 0 bridgehead atoms. The number of benzene rings is 1. The molecule has 3 saturated heterocycles. The number of amides is 2. The number of halogens is 2. The molecule has 1 aromatic heterocycles. The molecule has 6 nitrogen and oxygen atoms in total. The summed E-state index contributed by atoms with van der Waals surface area (Å²) >= 11 is 12.8. The molecule has 1 aromatic carbocycles. The minimum absolute atomic E-state index is 0.139. The van der Waals surface area contributed by atoms with Gasteiger partial charge in [-0.15, -0.1) is 0 Å². The molecule has 0 N–H and O–H groups in total. The summed E-state index contributed by atoms with van der Waals surface area (Å²) in [5.74, 6) is 2.30. The van der Waals surface area contributed by atoms with Crippen molar-refractivity contribution in [3.8, 4) is 0 Å². The van der Waals surface area contributed by atoms with Crippen molar-refractivity contribution < 1.29 is 9.59 Å². The fourth-order valence-corrected chi connectivity index (χ4v) is 8.25. The number of carbonyl (C=O) groups excluding carboxylic acids is 2. The van der Waals surface area contributed by atoms with Gasteiger partial charge in [-0.1, -0.05) is 29.3 Å². The highest BCUT2D eigenvalue weighted by Gasteiger charge is 2.36. The van der Waals surface area contributed by atoms with E-state index in [-0.39, 0.29) is 11.9 Å². The van der Waals surface area contributed by atoms with Gasteiger partial charge >= 0.3 is 0 Å². The van der Waals surface area contributed by atoms with Crippen LogP contribution < -0.4 is 0 Å². The largest absolute Gasteiger partial charge is 0.343 e. The van der Waals surface area contributed by atoms with Crippen molar-refractivity contribution in [2.24, 2.45) is 17.8 Å². The van der Waals surface area contributed by atoms with E-state index in [9.17, 15) is 9.59 Å². The van der Waals surface area contributed by atoms with Gasteiger partial charge in [0.25, 0.3) is 0 Å². The van der Waals surface area contributed by atoms with Gasteiger partial charge in [0.2, 0.25) is 11.8 Å². The predicted molar refractivity (Wildman–Crippen MR) is 163 cm³/mol. The zero-order valence-corrected chi connectivity index (χ0v) is 25.7. The summed E-state index contributed by atoms with van der Waals surface area (Å²) in [5.41, 5.74) is 5.05. The minimum Gasteiger partial charge on any atom is -0.343 e. The number of hydrogen-bond acceptors (Lipinski definition) is 4. The summed E-state index contributed by atoms with van der Waals surface area (Å²) in [6, 6.07) is 8.60. The third-order valence-corrected chi connectivity index (χ3v) is 10.8. The molecule has 2 amide bonds. The topological polar surface area (TPSA) is 56.8 Å². The van der Waals surface area contributed by atoms with Gasteiger partial charge in [-0.05, 0) is 117 Å². The highest BCUT2D eigenvalue weighted by atomic mass is 35.5. The molecule has 220 valence electrons. The van der Waals surface area contributed by atoms with Crippen LogP contribution in [0.3, 0.4) is 0 Å². The molecular weight excluding hydrogens is 555 g/mol. The quantitative estimate of drug-likeness (QED) is 0.423. The number of piperidine rings is 3. The van der Waals surface area contributed by atoms with Gasteiger partial charge < -0.3 is 9.80 Å². The van der Waals surface area contributed by atoms with E-state index in [1.54, 1.807) is 13.1 Å². The Hall–Kier alpha value is -2.15. The number of pyridine rings is 1. The van der Waals surface area contributed by atoms with Crippen molar-refractivity contribution >= 4 is 35.0 Å². The van der Waals surface area contributed by atoms with Crippen LogP contribution in [0.15, 0.2) is 30.5 Å². The average molecular weight is 598 g/mol. The lowest BCUT2D eigenvalue weighted by Gasteiger charge is -2.43. The summed E-state index contributed by atoms with van der Waals surface area (Å²) in [4.78, 5) is 36.2. The maximum atomic E-state index is 13.1. The summed E-state index contributed by atoms with van der Waals surface area (Å²) < 4.78 is 0. The lowest BCUT2D eigenvalue weighted by molar-refractivity contribution is -0.134. The monoisotopic (exact) mass is 596 g/mol. The molecular formula is C33H42Cl2N4O2. The number of hydrogen-bond donors (Lipinski definition) is 0. The average Bonchev–Trinajstić information content (AvgIpc) is 3.14. The second-order valence-corrected chi connectivity index (χ2v) is 13.6. The van der Waals surface area contributed by atoms with Crippen LogP contribution in [0.1, 0.15) is 80.3 Å². The molecule has 0 spiro atoms. The van der Waals surface area contributed by atoms with E-state index < -0.39 is 0 Å². The SMILES string of the molecule is CC(=O)N1CCC(CC(=O)N2CCC(C3CCN(C4c5ccc(Cl)cc5CCc5cc(Cl)cnc54)CC3)CC2)CC1. The van der Waals surface area contributed by atoms with Crippen molar-refractivity contribution in [1.82, 2.24) is 19.7 Å². The molecule has 4 aliphatic rings. The second kappa shape index (κ2) is 12.6. The third-order valence-electron chi connectivity index (χ3n) is 10.3. The van der Waals surface area contributed by atoms with E-state index in [0.717, 1.165) is 88.5 Å². The van der Waals surface area contributed by atoms with Gasteiger partial charge in [0.15, 0.2) is 0 Å². The molecule has 2 aromatic rings. The smallest absolute Gasteiger partial charge is 0.222 e. The molecule has 1 unspecified atom stereocenters. The van der Waals surface area contributed by atoms with Crippen LogP contribution in [-0.2, 0) is 22.4 Å². The van der Waals surface area contributed by atoms with Gasteiger partial charge in [0.1, 0.15) is 0 Å². The Kier molecular flexibility index (Phi) is 8.90. The maximum Gasteiger partial charge on any atom is 0.222 e. The Morgan fingerprint density at radius 2 is 1.41 bits per heavy atom. The van der Waals surface area contributed by atoms with Crippen LogP contribution in [0, 0.1) is 17.8 Å². The van der Waals surface area contributed by atoms with E-state index >= 15 is 0 Å². The zero-order chi connectivity index (χ0) is 28.5. The van der Waals surface area contributed by atoms with Crippen molar-refractivity contribution in [3.05, 3.63) is 62.9 Å². The first kappa shape index (κ1) is 28.9. The van der Waals surface area contributed by atoms with Gasteiger partial charge in [-0.25, -0.2) is 0 Å². The lowest BCUT2D eigenvalue weighted by atomic mass is 9.78. The molecule has 41 heavy (non-hydrogen) atoms. The predicted octanol–water partition coefficient (Wildman–Crippen LogP) is 6.18. The number of fused-ring (bicyclic) bond motifs is 2. The number of nitrogens with zero attached hydrogens (tertiary/aromatic N) is 4. The molecule has 0 saturated carbocycles. The number of aryl methyl sites for hydroxylation is 2. The maximum absolute atomic E-state index is 13.1. The standard InChI is InChI=1S/C33H42Cl2N4O2/c1-22(40)37-12-6-23(7-13-37)18-31(41)38-14-8-24(9-15-38)25-10-16-39(17-11-25)33-30-5-4-28(34)19-26(30)2-3-27-20-29(35)21-36-32(27)33/h4-5,19-21,23-25,33H,2-3,6-18H2,1H3. The Morgan fingerprint density at radius 3 is 2.10 bits per heavy atom. The van der Waals surface area contributed by atoms with Crippen molar-refractivity contribution in [2.45, 2.75) is 70.8 Å². The van der Waals surface area contributed by atoms with Crippen LogP contribution in [0.4, 0.5) is 0 Å². The molecule has 4 heterocycles. The molecule has 8 heteroatoms. The fraction of sp³-hybridized carbons (Fsp3) is 0.606. The molecule has 0 radical (unpaired) electrons. The van der Waals surface area contributed by atoms with Crippen molar-refractivity contribution in [3.63, 3.8) is 0 Å². The number of aromatic nitrogens is 1. The van der Waals surface area contributed by atoms with Gasteiger partial charge in [0.05, 0.1) is 16.8 Å². The first-order valence-electron chi connectivity index (χ1n) is 15.6. The lowest BCUT2D eigenvalue weighted by Crippen LogP contribution is -2.44. The highest BCUT2D eigenvalue weighted by molar-refractivity contribution is 6.30. The van der Waals surface area contributed by atoms with Crippen LogP contribution in [-0.4, -0.2) is 70.8 Å². The summed E-state index contributed by atoms with van der Waals surface area (Å²) in [7, 11) is 0. The molecule has 1 aliphatic carbocycles. The van der Waals surface area contributed by atoms with E-state index in [1.807, 2.05) is 11.0 Å². The Balaban J connectivity index is 1.04. The minimum atomic E-state index is 0.139. The van der Waals surface area contributed by atoms with Gasteiger partial charge in [-0.2, -0.15) is 0 Å². The van der Waals surface area contributed by atoms with Crippen molar-refractivity contribution in [2.75, 3.05) is 39.3 Å². The van der Waals surface area contributed by atoms with E-state index in [2.05, 4.69) is 28.0 Å². The summed E-state index contributed by atoms with van der Waals surface area (Å²) in [6.45, 7) is 7.13. The number of rotatable bonds is 4. The van der Waals surface area contributed by atoms with E-state index in [4.69, 9.17) is 28.2 Å². The normalized spacial score (nSPS) is 23.1. The van der Waals surface area contributed by atoms with Crippen LogP contribution in [0.5, 0.6) is 0 Å². The Morgan fingerprint density at radius 1 is 0.805 bits per heavy atom. The van der Waals surface area contributed by atoms with Crippen LogP contribution in [0.25, 0.3) is 0 Å². The molecule has 3 fully saturated rings. The van der Waals surface area contributed by atoms with E-state index in [1.165, 1.54) is 29.5 Å². The number of likely N-dealkylation sites (tertiary alicyclic amines) is 3. The Labute approximate surface area is 254 Å². The Bertz CT molecular complexity index is 1210. The zero-order valence-electron chi connectivity index (χ0n) is 24.2. The van der Waals surface area contributed by atoms with Crippen molar-refractivity contribution in [1.29, 1.82) is 0 Å². The third kappa shape index (κ3) is 6.45. The summed E-state index contributed by atoms with van der Waals surface area (Å²) in [5, 5.41) is 1.50. The van der Waals surface area contributed by atoms with Crippen LogP contribution in [0.2, 0.25) is 10.0 Å². The molecule has 1 atom stereocenters.